The van der Waals surface area contributed by atoms with Crippen molar-refractivity contribution in [2.24, 2.45) is 0 Å². The van der Waals surface area contributed by atoms with Gasteiger partial charge in [0.25, 0.3) is 0 Å². The van der Waals surface area contributed by atoms with Crippen molar-refractivity contribution < 1.29 is 19.9 Å². The molecule has 0 aromatic heterocycles. The van der Waals surface area contributed by atoms with Crippen LogP contribution in [0, 0.1) is 0 Å². The summed E-state index contributed by atoms with van der Waals surface area (Å²) in [5.74, 6) is 0. The molecule has 0 rings (SSSR count). The Morgan fingerprint density at radius 1 is 1.86 bits per heavy atom. The third kappa shape index (κ3) is 18.0. The number of thiocarbonyl (C=S) groups is 1. The maximum atomic E-state index is 4.45. The van der Waals surface area contributed by atoms with Crippen LogP contribution in [0.25, 0.3) is 0 Å². The van der Waals surface area contributed by atoms with Gasteiger partial charge in [-0.3, -0.25) is 0 Å². The zero-order chi connectivity index (χ0) is 4.28. The summed E-state index contributed by atoms with van der Waals surface area (Å²) in [5.41, 5.74) is 0. The second-order valence-corrected chi connectivity index (χ2v) is 1.71. The van der Waals surface area contributed by atoms with Crippen LogP contribution in [0.4, 0.5) is 0 Å². The first kappa shape index (κ1) is 16.0. The molecule has 0 unspecified atom stereocenters. The van der Waals surface area contributed by atoms with Gasteiger partial charge in [0, 0.05) is 24.1 Å². The third-order valence-corrected chi connectivity index (χ3v) is 0.642. The molecule has 0 heterocycles. The Hall–Kier alpha value is 2.02. The molecule has 0 spiro atoms. The molecule has 5 heteroatoms. The molecule has 0 aromatic rings. The van der Waals surface area contributed by atoms with Crippen molar-refractivity contribution in [2.45, 2.75) is 0 Å². The first-order chi connectivity index (χ1) is 2.27. The minimum absolute atomic E-state index is 0. The van der Waals surface area contributed by atoms with Crippen molar-refractivity contribution in [1.82, 2.24) is 5.32 Å². The van der Waals surface area contributed by atoms with Crippen LogP contribution in [0.15, 0.2) is 0 Å². The maximum Gasteiger partial charge on any atom is 2.00 e. The van der Waals surface area contributed by atoms with Gasteiger partial charge < -0.3 is 8.17 Å². The van der Waals surface area contributed by atoms with E-state index in [2.05, 4.69) is 30.2 Å². The van der Waals surface area contributed by atoms with Gasteiger partial charge >= 0.3 is 37.7 Å². The van der Waals surface area contributed by atoms with Crippen molar-refractivity contribution >= 4 is 66.9 Å². The summed E-state index contributed by atoms with van der Waals surface area (Å²) in [6.07, 6.45) is 0. The minimum atomic E-state index is 0. The second-order valence-electron chi connectivity index (χ2n) is 0.555. The van der Waals surface area contributed by atoms with Crippen LogP contribution in [0.5, 0.6) is 0 Å². The van der Waals surface area contributed by atoms with Gasteiger partial charge in [-0.25, -0.2) is 0 Å². The van der Waals surface area contributed by atoms with Gasteiger partial charge in [0.1, 0.15) is 4.32 Å². The van der Waals surface area contributed by atoms with Crippen LogP contribution in [0.3, 0.4) is 0 Å². The Labute approximate surface area is 97.8 Å². The van der Waals surface area contributed by atoms with Crippen molar-refractivity contribution in [3.05, 3.63) is 0 Å². The largest absolute Gasteiger partial charge is 2.00 e. The van der Waals surface area contributed by atoms with Crippen LogP contribution in [-0.4, -0.2) is 49.1 Å². The van der Waals surface area contributed by atoms with Crippen LogP contribution >= 0.6 is 24.8 Å². The molecule has 0 aliphatic heterocycles. The fourth-order valence-electron chi connectivity index (χ4n) is 0. The van der Waals surface area contributed by atoms with Crippen molar-refractivity contribution in [1.29, 1.82) is 0 Å². The van der Waals surface area contributed by atoms with E-state index in [9.17, 15) is 0 Å². The number of hydrogen-bond donors (Lipinski definition) is 2. The van der Waals surface area contributed by atoms with Crippen LogP contribution < -0.4 is 5.32 Å². The van der Waals surface area contributed by atoms with E-state index in [4.69, 9.17) is 0 Å². The molecule has 7 heavy (non-hydrogen) atoms. The quantitative estimate of drug-likeness (QED) is 0.334. The van der Waals surface area contributed by atoms with E-state index in [1.54, 1.807) is 7.05 Å². The van der Waals surface area contributed by atoms with Crippen LogP contribution in [0.2, 0.25) is 0 Å². The summed E-state index contributed by atoms with van der Waals surface area (Å²) in [4.78, 5) is 0. The Bertz CT molecular complexity index is 57.8. The SMILES string of the molecule is CNC(=S)S.[Ca+2].[Fe].[H-].[H-]. The van der Waals surface area contributed by atoms with E-state index in [0.717, 1.165) is 0 Å². The molecular weight excluding hydrogens is 198 g/mol. The molecule has 0 atom stereocenters. The smallest absolute Gasteiger partial charge is 1.00 e. The predicted molar refractivity (Wildman–Crippen MR) is 38.6 cm³/mol. The van der Waals surface area contributed by atoms with Crippen molar-refractivity contribution in [2.75, 3.05) is 7.05 Å². The maximum absolute atomic E-state index is 4.45. The van der Waals surface area contributed by atoms with Crippen molar-refractivity contribution in [3.63, 3.8) is 0 Å². The molecular formula is C2H7CaFeNS2. The van der Waals surface area contributed by atoms with E-state index >= 15 is 0 Å². The Morgan fingerprint density at radius 3 is 2.00 bits per heavy atom. The Kier molecular flexibility index (Phi) is 24.9. The summed E-state index contributed by atoms with van der Waals surface area (Å²) in [7, 11) is 1.73. The normalized spacial score (nSPS) is 4.86. The zero-order valence-electron chi connectivity index (χ0n) is 5.92. The molecule has 0 saturated carbocycles. The third-order valence-electron chi connectivity index (χ3n) is 0.214. The molecule has 0 aliphatic rings. The van der Waals surface area contributed by atoms with Gasteiger partial charge in [0.05, 0.1) is 0 Å². The number of hydrogen-bond acceptors (Lipinski definition) is 1. The minimum Gasteiger partial charge on any atom is -1.00 e. The molecule has 0 bridgehead atoms. The van der Waals surface area contributed by atoms with E-state index in [0.29, 0.717) is 4.32 Å². The van der Waals surface area contributed by atoms with Gasteiger partial charge in [-0.2, -0.15) is 0 Å². The van der Waals surface area contributed by atoms with Gasteiger partial charge in [-0.1, -0.05) is 12.2 Å². The summed E-state index contributed by atoms with van der Waals surface area (Å²) in [6, 6.07) is 0. The first-order valence-electron chi connectivity index (χ1n) is 1.18. The molecule has 1 nitrogen and oxygen atoms in total. The van der Waals surface area contributed by atoms with E-state index in [1.165, 1.54) is 0 Å². The summed E-state index contributed by atoms with van der Waals surface area (Å²) in [6.45, 7) is 0. The molecule has 0 saturated heterocycles. The topological polar surface area (TPSA) is 12.0 Å². The monoisotopic (exact) mass is 205 g/mol. The number of thiol groups is 1. The van der Waals surface area contributed by atoms with Gasteiger partial charge in [0.2, 0.25) is 0 Å². The Morgan fingerprint density at radius 2 is 2.00 bits per heavy atom. The average Bonchev–Trinajstić information content (AvgIpc) is 1.38. The molecule has 0 amide bonds. The second kappa shape index (κ2) is 10.9. The van der Waals surface area contributed by atoms with Gasteiger partial charge in [0.15, 0.2) is 0 Å². The molecule has 1 N–H and O–H groups in total. The van der Waals surface area contributed by atoms with Crippen LogP contribution in [-0.2, 0) is 17.1 Å². The first-order valence-corrected chi connectivity index (χ1v) is 2.03. The fourth-order valence-corrected chi connectivity index (χ4v) is 0. The number of rotatable bonds is 0. The van der Waals surface area contributed by atoms with Crippen molar-refractivity contribution in [3.8, 4) is 0 Å². The summed E-state index contributed by atoms with van der Waals surface area (Å²) < 4.78 is 0.532. The standard InChI is InChI=1S/C2H5NS2.Ca.Fe.2H/c1-3-2(4)5;;;;/h1H3,(H2,3,4,5);;;;/q;+2;;2*-1. The molecule has 0 aromatic carbocycles. The molecule has 0 aliphatic carbocycles. The van der Waals surface area contributed by atoms with E-state index in [1.807, 2.05) is 0 Å². The molecule has 0 radical (unpaired) electrons. The predicted octanol–water partition coefficient (Wildman–Crippen LogP) is 0.262. The van der Waals surface area contributed by atoms with Crippen LogP contribution in [0.1, 0.15) is 2.85 Å². The van der Waals surface area contributed by atoms with Gasteiger partial charge in [-0.05, 0) is 0 Å². The Balaban J connectivity index is -0.0000000133. The average molecular weight is 205 g/mol. The summed E-state index contributed by atoms with van der Waals surface area (Å²) >= 11 is 8.17. The number of nitrogens with one attached hydrogen (secondary N) is 1. The van der Waals surface area contributed by atoms with Gasteiger partial charge in [-0.15, -0.1) is 12.6 Å². The fraction of sp³-hybridized carbons (Fsp3) is 0.500. The molecule has 0 fully saturated rings. The van der Waals surface area contributed by atoms with E-state index in [-0.39, 0.29) is 57.7 Å². The molecule has 42 valence electrons. The summed E-state index contributed by atoms with van der Waals surface area (Å²) in [5, 5.41) is 2.62. The zero-order valence-corrected chi connectivity index (χ0v) is 8.94. The van der Waals surface area contributed by atoms with E-state index < -0.39 is 0 Å².